The fourth-order valence-electron chi connectivity index (χ4n) is 10.6. The van der Waals surface area contributed by atoms with E-state index in [1.54, 1.807) is 13.0 Å². The summed E-state index contributed by atoms with van der Waals surface area (Å²) in [4.78, 5) is 30.6. The summed E-state index contributed by atoms with van der Waals surface area (Å²) in [6.45, 7) is 13.7. The first-order valence-corrected chi connectivity index (χ1v) is 32.5. The summed E-state index contributed by atoms with van der Waals surface area (Å²) in [5, 5.41) is 10.0. The molecule has 3 rings (SSSR count). The van der Waals surface area contributed by atoms with Crippen molar-refractivity contribution in [2.24, 2.45) is 0 Å². The van der Waals surface area contributed by atoms with Crippen molar-refractivity contribution in [3.8, 4) is 23.3 Å². The first-order chi connectivity index (χ1) is 37.9. The summed E-state index contributed by atoms with van der Waals surface area (Å²) >= 11 is 0. The predicted molar refractivity (Wildman–Crippen MR) is 325 cm³/mol. The minimum Gasteiger partial charge on any atom is -0.490 e. The predicted octanol–water partition coefficient (Wildman–Crippen LogP) is 20.4. The molecule has 0 unspecified atom stereocenters. The van der Waals surface area contributed by atoms with Crippen molar-refractivity contribution in [2.75, 3.05) is 26.4 Å². The molecule has 1 aromatic rings. The van der Waals surface area contributed by atoms with Crippen molar-refractivity contribution in [1.82, 2.24) is 9.80 Å². The third kappa shape index (κ3) is 29.5. The van der Waals surface area contributed by atoms with Crippen LogP contribution in [0.15, 0.2) is 71.1 Å². The van der Waals surface area contributed by atoms with Crippen LogP contribution in [0.25, 0.3) is 0 Å². The highest BCUT2D eigenvalue weighted by Crippen LogP contribution is 2.42. The van der Waals surface area contributed by atoms with E-state index in [2.05, 4.69) is 63.2 Å². The SMILES string of the molecule is CCCCCCCCCCCCOc1ccc(CN2C=CC(=C/C=C3\C(=O)N(CCCCCCCCCCCC)C(=O)C(C#N)=C3C)C=C2)c(OCCCCCCCCCCCC)c1OCCCCCCCCCCCC. The second-order valence-corrected chi connectivity index (χ2v) is 22.6. The Hall–Kier alpha value is -4.25. The van der Waals surface area contributed by atoms with Crippen LogP contribution in [0.4, 0.5) is 0 Å². The maximum Gasteiger partial charge on any atom is 0.271 e. The molecule has 77 heavy (non-hydrogen) atoms. The molecule has 0 atom stereocenters. The Bertz CT molecular complexity index is 1900. The quantitative estimate of drug-likeness (QED) is 0.0365. The third-order valence-electron chi connectivity index (χ3n) is 15.7. The summed E-state index contributed by atoms with van der Waals surface area (Å²) in [7, 11) is 0. The number of benzene rings is 1. The van der Waals surface area contributed by atoms with Crippen LogP contribution in [0, 0.1) is 11.3 Å². The molecule has 8 heteroatoms. The summed E-state index contributed by atoms with van der Waals surface area (Å²) in [6.07, 6.45) is 61.9. The Labute approximate surface area is 473 Å². The lowest BCUT2D eigenvalue weighted by Crippen LogP contribution is -2.43. The van der Waals surface area contributed by atoms with E-state index >= 15 is 0 Å². The lowest BCUT2D eigenvalue weighted by atomic mass is 9.94. The molecule has 0 saturated heterocycles. The number of carbonyl (C=O) groups is 2. The first kappa shape index (κ1) is 67.0. The van der Waals surface area contributed by atoms with E-state index in [0.717, 1.165) is 79.8 Å². The van der Waals surface area contributed by atoms with Gasteiger partial charge in [-0.1, -0.05) is 265 Å². The van der Waals surface area contributed by atoms with Gasteiger partial charge in [-0.05, 0) is 74.1 Å². The highest BCUT2D eigenvalue weighted by Gasteiger charge is 2.35. The summed E-state index contributed by atoms with van der Waals surface area (Å²) in [6, 6.07) is 6.36. The normalized spacial score (nSPS) is 14.1. The zero-order valence-electron chi connectivity index (χ0n) is 50.3. The monoisotopic (exact) mass is 1060 g/mol. The topological polar surface area (TPSA) is 92.1 Å². The number of hydrogen-bond acceptors (Lipinski definition) is 7. The minimum atomic E-state index is -0.475. The van der Waals surface area contributed by atoms with E-state index in [0.29, 0.717) is 44.1 Å². The minimum absolute atomic E-state index is 0.0514. The lowest BCUT2D eigenvalue weighted by molar-refractivity contribution is -0.140. The van der Waals surface area contributed by atoms with Gasteiger partial charge in [0.05, 0.1) is 26.4 Å². The van der Waals surface area contributed by atoms with Crippen LogP contribution in [0.3, 0.4) is 0 Å². The average Bonchev–Trinajstić information content (AvgIpc) is 3.43. The van der Waals surface area contributed by atoms with Crippen molar-refractivity contribution in [2.45, 2.75) is 298 Å². The number of allylic oxidation sites excluding steroid dienone is 5. The fourth-order valence-corrected chi connectivity index (χ4v) is 10.6. The summed E-state index contributed by atoms with van der Waals surface area (Å²) < 4.78 is 20.2. The molecule has 2 heterocycles. The highest BCUT2D eigenvalue weighted by molar-refractivity contribution is 6.18. The van der Waals surface area contributed by atoms with Crippen molar-refractivity contribution >= 4 is 11.8 Å². The van der Waals surface area contributed by atoms with E-state index in [1.807, 2.05) is 18.2 Å². The van der Waals surface area contributed by atoms with Crippen molar-refractivity contribution in [3.05, 3.63) is 76.7 Å². The Morgan fingerprint density at radius 2 is 0.831 bits per heavy atom. The number of ether oxygens (including phenoxy) is 3. The Kier molecular flexibility index (Phi) is 39.7. The van der Waals surface area contributed by atoms with Crippen molar-refractivity contribution in [1.29, 1.82) is 5.26 Å². The molecule has 0 aromatic heterocycles. The van der Waals surface area contributed by atoms with Crippen LogP contribution in [0.1, 0.15) is 297 Å². The standard InChI is InChI=1S/C69H113N3O5/c1-6-10-14-18-22-26-30-34-38-42-52-72-68(73)63(60(5)64(58-70)69(72)74)48-46-61-50-53-71(54-51-61)59-62-47-49-65(75-55-43-39-35-31-27-23-19-15-11-7-2)67(77-57-45-41-37-33-29-25-21-17-13-9-4)66(62)76-56-44-40-36-32-28-24-20-16-12-8-3/h46-51,53-54H,6-45,52,55-57,59H2,1-5H3/b63-48-. The molecule has 1 aromatic carbocycles. The molecule has 0 saturated carbocycles. The largest absolute Gasteiger partial charge is 0.490 e. The molecule has 0 N–H and O–H groups in total. The molecule has 0 spiro atoms. The second-order valence-electron chi connectivity index (χ2n) is 22.6. The molecule has 2 aliphatic heterocycles. The number of unbranched alkanes of at least 4 members (excludes halogenated alkanes) is 36. The van der Waals surface area contributed by atoms with Gasteiger partial charge >= 0.3 is 0 Å². The van der Waals surface area contributed by atoms with E-state index in [-0.39, 0.29) is 11.5 Å². The van der Waals surface area contributed by atoms with Crippen LogP contribution in [-0.4, -0.2) is 48.0 Å². The highest BCUT2D eigenvalue weighted by atomic mass is 16.5. The number of amides is 2. The number of carbonyl (C=O) groups excluding carboxylic acids is 2. The Morgan fingerprint density at radius 1 is 0.455 bits per heavy atom. The molecule has 2 aliphatic rings. The summed E-state index contributed by atoms with van der Waals surface area (Å²) in [5.41, 5.74) is 2.86. The van der Waals surface area contributed by atoms with Gasteiger partial charge < -0.3 is 19.1 Å². The van der Waals surface area contributed by atoms with Gasteiger partial charge in [0, 0.05) is 30.1 Å². The van der Waals surface area contributed by atoms with E-state index in [4.69, 9.17) is 14.2 Å². The van der Waals surface area contributed by atoms with Gasteiger partial charge in [0.25, 0.3) is 11.8 Å². The van der Waals surface area contributed by atoms with Gasteiger partial charge in [-0.3, -0.25) is 14.5 Å². The van der Waals surface area contributed by atoms with Crippen LogP contribution in [0.5, 0.6) is 17.2 Å². The van der Waals surface area contributed by atoms with Crippen molar-refractivity contribution in [3.63, 3.8) is 0 Å². The van der Waals surface area contributed by atoms with E-state index in [1.165, 1.54) is 210 Å². The second kappa shape index (κ2) is 45.6. The summed E-state index contributed by atoms with van der Waals surface area (Å²) in [5.74, 6) is 1.52. The molecule has 434 valence electrons. The van der Waals surface area contributed by atoms with Gasteiger partial charge in [-0.2, -0.15) is 5.26 Å². The van der Waals surface area contributed by atoms with Crippen LogP contribution < -0.4 is 14.2 Å². The molecule has 0 radical (unpaired) electrons. The molecule has 0 bridgehead atoms. The third-order valence-corrected chi connectivity index (χ3v) is 15.7. The van der Waals surface area contributed by atoms with Crippen LogP contribution in [0.2, 0.25) is 0 Å². The molecule has 0 fully saturated rings. The Morgan fingerprint density at radius 3 is 1.25 bits per heavy atom. The average molecular weight is 1060 g/mol. The smallest absolute Gasteiger partial charge is 0.271 e. The lowest BCUT2D eigenvalue weighted by Gasteiger charge is -2.27. The molecular weight excluding hydrogens is 951 g/mol. The molecule has 8 nitrogen and oxygen atoms in total. The molecule has 2 amide bonds. The van der Waals surface area contributed by atoms with Crippen LogP contribution >= 0.6 is 0 Å². The van der Waals surface area contributed by atoms with Gasteiger partial charge in [0.15, 0.2) is 11.5 Å². The Balaban J connectivity index is 1.74. The number of hydrogen-bond donors (Lipinski definition) is 0. The zero-order chi connectivity index (χ0) is 55.2. The van der Waals surface area contributed by atoms with E-state index < -0.39 is 5.91 Å². The first-order valence-electron chi connectivity index (χ1n) is 32.5. The van der Waals surface area contributed by atoms with E-state index in [9.17, 15) is 14.9 Å². The number of nitriles is 1. The maximum atomic E-state index is 13.8. The van der Waals surface area contributed by atoms with Crippen molar-refractivity contribution < 1.29 is 23.8 Å². The van der Waals surface area contributed by atoms with Gasteiger partial charge in [-0.25, -0.2) is 0 Å². The number of imide groups is 1. The molecule has 0 aliphatic carbocycles. The maximum absolute atomic E-state index is 13.8. The molecular formula is C69H113N3O5. The zero-order valence-corrected chi connectivity index (χ0v) is 50.3. The van der Waals surface area contributed by atoms with Gasteiger partial charge in [0.1, 0.15) is 11.6 Å². The number of rotatable bonds is 50. The van der Waals surface area contributed by atoms with Gasteiger partial charge in [0.2, 0.25) is 5.75 Å². The fraction of sp³-hybridized carbons (Fsp3) is 0.725. The number of nitrogens with zero attached hydrogens (tertiary/aromatic N) is 3. The van der Waals surface area contributed by atoms with Gasteiger partial charge in [-0.15, -0.1) is 0 Å². The van der Waals surface area contributed by atoms with Crippen LogP contribution in [-0.2, 0) is 16.1 Å².